The Labute approximate surface area is 102 Å². The maximum absolute atomic E-state index is 13.1. The predicted octanol–water partition coefficient (Wildman–Crippen LogP) is 3.32. The summed E-state index contributed by atoms with van der Waals surface area (Å²) in [7, 11) is 0. The van der Waals surface area contributed by atoms with E-state index in [1.165, 1.54) is 6.07 Å². The van der Waals surface area contributed by atoms with Crippen molar-refractivity contribution >= 4 is 0 Å². The monoisotopic (exact) mass is 262 g/mol. The lowest BCUT2D eigenvalue weighted by atomic mass is 10.0. The zero-order valence-electron chi connectivity index (χ0n) is 9.98. The summed E-state index contributed by atoms with van der Waals surface area (Å²) >= 11 is 0. The fourth-order valence-corrected chi connectivity index (χ4v) is 1.53. The number of hydrogen-bond donors (Lipinski definition) is 2. The maximum atomic E-state index is 13.1. The molecule has 3 N–H and O–H groups in total. The second-order valence-corrected chi connectivity index (χ2v) is 4.13. The molecule has 0 bridgehead atoms. The van der Waals surface area contributed by atoms with E-state index >= 15 is 0 Å². The van der Waals surface area contributed by atoms with E-state index in [-0.39, 0.29) is 5.56 Å². The number of nitrogens with two attached hydrogens (primary N) is 1. The van der Waals surface area contributed by atoms with E-state index in [0.29, 0.717) is 0 Å². The van der Waals surface area contributed by atoms with Gasteiger partial charge in [0, 0.05) is 0 Å². The zero-order valence-corrected chi connectivity index (χ0v) is 9.98. The third-order valence-electron chi connectivity index (χ3n) is 2.33. The molecule has 0 amide bonds. The van der Waals surface area contributed by atoms with Crippen molar-refractivity contribution in [2.45, 2.75) is 26.1 Å². The Hall–Kier alpha value is -1.40. The Balaban J connectivity index is 3.23. The Morgan fingerprint density at radius 3 is 2.39 bits per heavy atom. The molecule has 0 heterocycles. The van der Waals surface area contributed by atoms with E-state index in [1.807, 2.05) is 0 Å². The molecule has 0 spiro atoms. The topological polar surface area (TPSA) is 38.0 Å². The molecule has 1 atom stereocenters. The van der Waals surface area contributed by atoms with Gasteiger partial charge in [-0.3, -0.25) is 5.84 Å². The molecule has 0 saturated carbocycles. The average Bonchev–Trinajstić information content (AvgIpc) is 2.25. The Kier molecular flexibility index (Phi) is 4.48. The number of nitrogens with one attached hydrogen (secondary N) is 1. The van der Waals surface area contributed by atoms with E-state index < -0.39 is 23.6 Å². The summed E-state index contributed by atoms with van der Waals surface area (Å²) in [6.45, 7) is 3.58. The molecule has 0 saturated heterocycles. The molecule has 6 heteroatoms. The molecule has 100 valence electrons. The van der Waals surface area contributed by atoms with Crippen LogP contribution >= 0.6 is 0 Å². The normalized spacial score (nSPS) is 13.3. The lowest BCUT2D eigenvalue weighted by Crippen LogP contribution is -2.27. The Morgan fingerprint density at radius 2 is 1.94 bits per heavy atom. The summed E-state index contributed by atoms with van der Waals surface area (Å²) in [4.78, 5) is 0. The highest BCUT2D eigenvalue weighted by Gasteiger charge is 2.34. The number of hydrogen-bond acceptors (Lipinski definition) is 2. The van der Waals surface area contributed by atoms with Gasteiger partial charge in [0.1, 0.15) is 5.82 Å². The average molecular weight is 262 g/mol. The van der Waals surface area contributed by atoms with Gasteiger partial charge in [-0.1, -0.05) is 17.7 Å². The molecule has 0 fully saturated rings. The van der Waals surface area contributed by atoms with Gasteiger partial charge in [0.05, 0.1) is 11.6 Å². The van der Waals surface area contributed by atoms with E-state index in [2.05, 4.69) is 5.43 Å². The first-order valence-corrected chi connectivity index (χ1v) is 5.23. The van der Waals surface area contributed by atoms with Gasteiger partial charge in [0.15, 0.2) is 0 Å². The van der Waals surface area contributed by atoms with Crippen LogP contribution in [-0.4, -0.2) is 0 Å². The van der Waals surface area contributed by atoms with Gasteiger partial charge < -0.3 is 0 Å². The molecule has 1 rings (SSSR count). The summed E-state index contributed by atoms with van der Waals surface area (Å²) in [5, 5.41) is 0. The number of alkyl halides is 3. The van der Waals surface area contributed by atoms with Crippen LogP contribution in [0.15, 0.2) is 29.8 Å². The summed E-state index contributed by atoms with van der Waals surface area (Å²) in [6.07, 6.45) is -3.06. The second kappa shape index (κ2) is 5.49. The molecule has 2 nitrogen and oxygen atoms in total. The zero-order chi connectivity index (χ0) is 13.9. The molecule has 0 aliphatic carbocycles. The van der Waals surface area contributed by atoms with Crippen molar-refractivity contribution in [1.82, 2.24) is 5.43 Å². The van der Waals surface area contributed by atoms with Crippen molar-refractivity contribution < 1.29 is 17.6 Å². The maximum Gasteiger partial charge on any atom is 0.419 e. The van der Waals surface area contributed by atoms with Crippen LogP contribution in [-0.2, 0) is 6.18 Å². The number of hydrazine groups is 1. The van der Waals surface area contributed by atoms with Gasteiger partial charge >= 0.3 is 6.18 Å². The molecule has 1 aromatic rings. The van der Waals surface area contributed by atoms with Gasteiger partial charge in [-0.2, -0.15) is 13.2 Å². The fraction of sp³-hybridized carbons (Fsp3) is 0.333. The molecular weight excluding hydrogens is 248 g/mol. The second-order valence-electron chi connectivity index (χ2n) is 4.13. The number of halogens is 4. The van der Waals surface area contributed by atoms with Crippen molar-refractivity contribution in [3.05, 3.63) is 46.8 Å². The van der Waals surface area contributed by atoms with Crippen LogP contribution in [0.4, 0.5) is 17.6 Å². The van der Waals surface area contributed by atoms with Gasteiger partial charge in [-0.05, 0) is 31.5 Å². The quantitative estimate of drug-likeness (QED) is 0.379. The van der Waals surface area contributed by atoms with Gasteiger partial charge in [-0.25, -0.2) is 9.82 Å². The van der Waals surface area contributed by atoms with E-state index in [9.17, 15) is 17.6 Å². The molecule has 1 unspecified atom stereocenters. The first-order chi connectivity index (χ1) is 8.25. The molecule has 0 aromatic heterocycles. The van der Waals surface area contributed by atoms with Crippen molar-refractivity contribution in [2.24, 2.45) is 5.84 Å². The highest BCUT2D eigenvalue weighted by molar-refractivity contribution is 5.31. The number of rotatable bonds is 3. The van der Waals surface area contributed by atoms with Crippen molar-refractivity contribution in [3.63, 3.8) is 0 Å². The molecular formula is C12H14F4N2. The molecule has 0 aliphatic heterocycles. The summed E-state index contributed by atoms with van der Waals surface area (Å²) in [5.74, 6) is 3.99. The summed E-state index contributed by atoms with van der Waals surface area (Å²) < 4.78 is 50.8. The van der Waals surface area contributed by atoms with Crippen molar-refractivity contribution in [2.75, 3.05) is 0 Å². The van der Waals surface area contributed by atoms with Gasteiger partial charge in [0.2, 0.25) is 0 Å². The van der Waals surface area contributed by atoms with Crippen LogP contribution < -0.4 is 11.3 Å². The lowest BCUT2D eigenvalue weighted by Gasteiger charge is -2.15. The minimum atomic E-state index is -4.72. The smallest absolute Gasteiger partial charge is 0.271 e. The number of allylic oxidation sites excluding steroid dienone is 1. The van der Waals surface area contributed by atoms with Crippen LogP contribution in [0.1, 0.15) is 31.0 Å². The fourth-order valence-electron chi connectivity index (χ4n) is 1.53. The van der Waals surface area contributed by atoms with Gasteiger partial charge in [0.25, 0.3) is 0 Å². The van der Waals surface area contributed by atoms with E-state index in [1.54, 1.807) is 19.9 Å². The third kappa shape index (κ3) is 3.54. The largest absolute Gasteiger partial charge is 0.419 e. The highest BCUT2D eigenvalue weighted by atomic mass is 19.4. The third-order valence-corrected chi connectivity index (χ3v) is 2.33. The minimum Gasteiger partial charge on any atom is -0.271 e. The predicted molar refractivity (Wildman–Crippen MR) is 60.9 cm³/mol. The van der Waals surface area contributed by atoms with Crippen LogP contribution in [0.25, 0.3) is 0 Å². The first-order valence-electron chi connectivity index (χ1n) is 5.23. The van der Waals surface area contributed by atoms with Gasteiger partial charge in [-0.15, -0.1) is 0 Å². The van der Waals surface area contributed by atoms with Crippen LogP contribution in [0.5, 0.6) is 0 Å². The Morgan fingerprint density at radius 1 is 1.33 bits per heavy atom. The summed E-state index contributed by atoms with van der Waals surface area (Å²) in [6, 6.07) is 2.24. The summed E-state index contributed by atoms with van der Waals surface area (Å²) in [5.41, 5.74) is 2.23. The SMILES string of the molecule is CC(C)=CC(NN)c1ccc(F)c(C(F)(F)F)c1. The standard InChI is InChI=1S/C12H14F4N2/c1-7(2)5-11(18-17)8-3-4-10(13)9(6-8)12(14,15)16/h3-6,11,18H,17H2,1-2H3. The number of benzene rings is 1. The molecule has 0 radical (unpaired) electrons. The molecule has 1 aromatic carbocycles. The first kappa shape index (κ1) is 14.7. The van der Waals surface area contributed by atoms with Crippen LogP contribution in [0.3, 0.4) is 0 Å². The molecule has 18 heavy (non-hydrogen) atoms. The lowest BCUT2D eigenvalue weighted by molar-refractivity contribution is -0.140. The molecule has 0 aliphatic rings. The Bertz CT molecular complexity index is 448. The van der Waals surface area contributed by atoms with Crippen molar-refractivity contribution in [1.29, 1.82) is 0 Å². The minimum absolute atomic E-state index is 0.257. The van der Waals surface area contributed by atoms with E-state index in [4.69, 9.17) is 5.84 Å². The van der Waals surface area contributed by atoms with Crippen LogP contribution in [0.2, 0.25) is 0 Å². The van der Waals surface area contributed by atoms with Crippen LogP contribution in [0, 0.1) is 5.82 Å². The highest BCUT2D eigenvalue weighted by Crippen LogP contribution is 2.33. The van der Waals surface area contributed by atoms with Crippen molar-refractivity contribution in [3.8, 4) is 0 Å². The van der Waals surface area contributed by atoms with E-state index in [0.717, 1.165) is 17.7 Å².